The van der Waals surface area contributed by atoms with Crippen LogP contribution in [0.4, 0.5) is 0 Å². The van der Waals surface area contributed by atoms with Crippen LogP contribution in [-0.2, 0) is 15.0 Å². The first-order chi connectivity index (χ1) is 7.86. The zero-order valence-corrected chi connectivity index (χ0v) is 10.2. The Hall–Kier alpha value is -1.84. The van der Waals surface area contributed by atoms with Gasteiger partial charge in [0.05, 0.1) is 0 Å². The fourth-order valence-electron chi connectivity index (χ4n) is 1.55. The lowest BCUT2D eigenvalue weighted by molar-refractivity contribution is -0.140. The van der Waals surface area contributed by atoms with E-state index in [2.05, 4.69) is 26.1 Å². The second kappa shape index (κ2) is 4.99. The molecule has 1 atom stereocenters. The van der Waals surface area contributed by atoms with E-state index >= 15 is 0 Å². The van der Waals surface area contributed by atoms with Crippen LogP contribution in [0.1, 0.15) is 37.9 Å². The quantitative estimate of drug-likeness (QED) is 0.783. The zero-order valence-electron chi connectivity index (χ0n) is 10.2. The maximum atomic E-state index is 11.0. The normalized spacial score (nSPS) is 12.9. The molecule has 0 bridgehead atoms. The molecule has 1 amide bonds. The number of nitrogens with one attached hydrogen (secondary N) is 1. The minimum atomic E-state index is -1.07. The van der Waals surface area contributed by atoms with Crippen molar-refractivity contribution in [2.45, 2.75) is 32.2 Å². The summed E-state index contributed by atoms with van der Waals surface area (Å²) in [5, 5.41) is 11.2. The van der Waals surface area contributed by atoms with E-state index in [0.29, 0.717) is 12.0 Å². The van der Waals surface area contributed by atoms with Crippen molar-refractivity contribution in [3.05, 3.63) is 35.4 Å². The van der Waals surface area contributed by atoms with Gasteiger partial charge in [0.1, 0.15) is 0 Å². The van der Waals surface area contributed by atoms with E-state index in [-0.39, 0.29) is 5.41 Å². The van der Waals surface area contributed by atoms with Crippen LogP contribution in [0.2, 0.25) is 0 Å². The van der Waals surface area contributed by atoms with E-state index < -0.39 is 12.0 Å². The van der Waals surface area contributed by atoms with Gasteiger partial charge in [-0.3, -0.25) is 4.79 Å². The van der Waals surface area contributed by atoms with Gasteiger partial charge in [0.15, 0.2) is 6.04 Å². The maximum absolute atomic E-state index is 11.0. The van der Waals surface area contributed by atoms with Gasteiger partial charge in [0.2, 0.25) is 6.41 Å². The lowest BCUT2D eigenvalue weighted by Gasteiger charge is -2.20. The molecule has 0 saturated carbocycles. The Morgan fingerprint density at radius 1 is 1.29 bits per heavy atom. The molecule has 0 spiro atoms. The van der Waals surface area contributed by atoms with Crippen LogP contribution in [0.25, 0.3) is 0 Å². The number of carboxylic acids is 1. The molecule has 0 fully saturated rings. The summed E-state index contributed by atoms with van der Waals surface area (Å²) in [7, 11) is 0. The molecular weight excluding hydrogens is 218 g/mol. The van der Waals surface area contributed by atoms with Crippen molar-refractivity contribution in [3.63, 3.8) is 0 Å². The number of hydrogen-bond donors (Lipinski definition) is 2. The van der Waals surface area contributed by atoms with Gasteiger partial charge in [0.25, 0.3) is 0 Å². The predicted molar refractivity (Wildman–Crippen MR) is 64.7 cm³/mol. The van der Waals surface area contributed by atoms with Crippen LogP contribution >= 0.6 is 0 Å². The molecule has 2 N–H and O–H groups in total. The molecule has 0 radical (unpaired) electrons. The van der Waals surface area contributed by atoms with Gasteiger partial charge in [-0.15, -0.1) is 0 Å². The lowest BCUT2D eigenvalue weighted by atomic mass is 9.86. The van der Waals surface area contributed by atoms with Crippen molar-refractivity contribution < 1.29 is 14.7 Å². The molecule has 4 nitrogen and oxygen atoms in total. The monoisotopic (exact) mass is 235 g/mol. The van der Waals surface area contributed by atoms with E-state index in [1.54, 1.807) is 12.1 Å². The van der Waals surface area contributed by atoms with E-state index in [9.17, 15) is 9.59 Å². The minimum absolute atomic E-state index is 0.0232. The zero-order chi connectivity index (χ0) is 13.1. The predicted octanol–water partition coefficient (Wildman–Crippen LogP) is 1.86. The molecular formula is C13H17NO3. The Kier molecular flexibility index (Phi) is 3.89. The van der Waals surface area contributed by atoms with Gasteiger partial charge in [-0.1, -0.05) is 45.0 Å². The first-order valence-electron chi connectivity index (χ1n) is 5.39. The summed E-state index contributed by atoms with van der Waals surface area (Å²) in [5.41, 5.74) is 1.71. The van der Waals surface area contributed by atoms with E-state index in [1.807, 2.05) is 12.1 Å². The molecule has 0 aliphatic rings. The van der Waals surface area contributed by atoms with Crippen molar-refractivity contribution in [2.75, 3.05) is 0 Å². The van der Waals surface area contributed by atoms with Gasteiger partial charge in [-0.2, -0.15) is 0 Å². The van der Waals surface area contributed by atoms with Crippen LogP contribution in [0.15, 0.2) is 24.3 Å². The molecule has 17 heavy (non-hydrogen) atoms. The average molecular weight is 235 g/mol. The molecule has 0 aliphatic carbocycles. The van der Waals surface area contributed by atoms with Gasteiger partial charge in [0, 0.05) is 0 Å². The summed E-state index contributed by atoms with van der Waals surface area (Å²) in [5.74, 6) is -1.07. The second-order valence-corrected chi connectivity index (χ2v) is 4.93. The fraction of sp³-hybridized carbons (Fsp3) is 0.385. The van der Waals surface area contributed by atoms with E-state index in [4.69, 9.17) is 5.11 Å². The molecule has 0 saturated heterocycles. The Morgan fingerprint density at radius 3 is 2.18 bits per heavy atom. The van der Waals surface area contributed by atoms with Crippen LogP contribution in [0.5, 0.6) is 0 Å². The van der Waals surface area contributed by atoms with E-state index in [0.717, 1.165) is 5.56 Å². The topological polar surface area (TPSA) is 66.4 Å². The van der Waals surface area contributed by atoms with Crippen LogP contribution < -0.4 is 5.32 Å². The Labute approximate surface area is 101 Å². The van der Waals surface area contributed by atoms with Gasteiger partial charge in [-0.25, -0.2) is 4.79 Å². The number of rotatable bonds is 4. The summed E-state index contributed by atoms with van der Waals surface area (Å²) in [6.45, 7) is 6.25. The van der Waals surface area contributed by atoms with Crippen molar-refractivity contribution >= 4 is 12.4 Å². The number of carbonyl (C=O) groups is 2. The highest BCUT2D eigenvalue weighted by Gasteiger charge is 2.20. The first kappa shape index (κ1) is 13.2. The molecule has 0 aliphatic heterocycles. The van der Waals surface area contributed by atoms with Crippen LogP contribution in [-0.4, -0.2) is 17.5 Å². The Bertz CT molecular complexity index is 404. The molecule has 0 heterocycles. The van der Waals surface area contributed by atoms with Crippen molar-refractivity contribution in [1.82, 2.24) is 5.32 Å². The number of amides is 1. The largest absolute Gasteiger partial charge is 0.479 e. The minimum Gasteiger partial charge on any atom is -0.479 e. The molecule has 4 heteroatoms. The fourth-order valence-corrected chi connectivity index (χ4v) is 1.55. The third kappa shape index (κ3) is 3.31. The van der Waals surface area contributed by atoms with Crippen LogP contribution in [0.3, 0.4) is 0 Å². The maximum Gasteiger partial charge on any atom is 0.330 e. The number of benzene rings is 1. The first-order valence-corrected chi connectivity index (χ1v) is 5.39. The molecule has 1 aromatic rings. The highest BCUT2D eigenvalue weighted by molar-refractivity contribution is 5.78. The highest BCUT2D eigenvalue weighted by atomic mass is 16.4. The standard InChI is InChI=1S/C13H17NO3/c1-13(2,3)10-6-4-9(5-7-10)11(12(16)17)14-8-15/h4-8,11H,1-3H3,(H,14,15)(H,16,17). The number of carboxylic acid groups (broad SMARTS) is 1. The third-order valence-corrected chi connectivity index (χ3v) is 2.59. The van der Waals surface area contributed by atoms with Gasteiger partial charge in [-0.05, 0) is 16.5 Å². The summed E-state index contributed by atoms with van der Waals surface area (Å²) < 4.78 is 0. The van der Waals surface area contributed by atoms with Crippen molar-refractivity contribution in [1.29, 1.82) is 0 Å². The summed E-state index contributed by atoms with van der Waals surface area (Å²) in [6, 6.07) is 6.25. The lowest BCUT2D eigenvalue weighted by Crippen LogP contribution is -2.27. The average Bonchev–Trinajstić information content (AvgIpc) is 2.24. The smallest absolute Gasteiger partial charge is 0.330 e. The second-order valence-electron chi connectivity index (χ2n) is 4.93. The number of hydrogen-bond acceptors (Lipinski definition) is 2. The van der Waals surface area contributed by atoms with Crippen molar-refractivity contribution in [3.8, 4) is 0 Å². The highest BCUT2D eigenvalue weighted by Crippen LogP contribution is 2.23. The Morgan fingerprint density at radius 2 is 1.82 bits per heavy atom. The molecule has 1 aromatic carbocycles. The molecule has 1 rings (SSSR count). The van der Waals surface area contributed by atoms with Gasteiger partial charge < -0.3 is 10.4 Å². The summed E-state index contributed by atoms with van der Waals surface area (Å²) >= 11 is 0. The summed E-state index contributed by atoms with van der Waals surface area (Å²) in [4.78, 5) is 21.3. The molecule has 92 valence electrons. The Balaban J connectivity index is 3.00. The van der Waals surface area contributed by atoms with Gasteiger partial charge >= 0.3 is 5.97 Å². The van der Waals surface area contributed by atoms with E-state index in [1.165, 1.54) is 0 Å². The third-order valence-electron chi connectivity index (χ3n) is 2.59. The summed E-state index contributed by atoms with van der Waals surface area (Å²) in [6.07, 6.45) is 0.399. The molecule has 1 unspecified atom stereocenters. The number of aliphatic carboxylic acids is 1. The molecule has 0 aromatic heterocycles. The van der Waals surface area contributed by atoms with Crippen molar-refractivity contribution in [2.24, 2.45) is 0 Å². The van der Waals surface area contributed by atoms with Crippen LogP contribution in [0, 0.1) is 0 Å². The number of carbonyl (C=O) groups excluding carboxylic acids is 1. The SMILES string of the molecule is CC(C)(C)c1ccc(C(NC=O)C(=O)O)cc1.